The van der Waals surface area contributed by atoms with E-state index in [-0.39, 0.29) is 0 Å². The van der Waals surface area contributed by atoms with Crippen molar-refractivity contribution in [3.05, 3.63) is 0 Å². The van der Waals surface area contributed by atoms with Crippen LogP contribution in [0.15, 0.2) is 0 Å². The molecular formula is C9H18N2. The zero-order chi connectivity index (χ0) is 8.28. The van der Waals surface area contributed by atoms with Gasteiger partial charge in [0.15, 0.2) is 0 Å². The summed E-state index contributed by atoms with van der Waals surface area (Å²) in [6.07, 6.45) is 1.26. The Labute approximate surface area is 68.7 Å². The molecule has 2 aliphatic rings. The Bertz CT molecular complexity index is 174. The maximum atomic E-state index is 5.84. The standard InChI is InChI=1S/C9H18N2/c1-8(2,3)11-5-9(6-11)4-7(9)10/h7H,4-6,10H2,1-3H3/t7-/m0/s1. The van der Waals surface area contributed by atoms with Crippen LogP contribution in [0.3, 0.4) is 0 Å². The zero-order valence-electron chi connectivity index (χ0n) is 7.72. The third-order valence-corrected chi connectivity index (χ3v) is 3.21. The van der Waals surface area contributed by atoms with Crippen molar-refractivity contribution in [3.8, 4) is 0 Å². The topological polar surface area (TPSA) is 29.3 Å². The van der Waals surface area contributed by atoms with E-state index in [0.717, 1.165) is 0 Å². The minimum atomic E-state index is 0.355. The van der Waals surface area contributed by atoms with E-state index in [0.29, 0.717) is 17.0 Å². The second kappa shape index (κ2) is 1.80. The highest BCUT2D eigenvalue weighted by Crippen LogP contribution is 2.53. The maximum absolute atomic E-state index is 5.84. The first kappa shape index (κ1) is 7.56. The first-order valence-corrected chi connectivity index (χ1v) is 4.45. The lowest BCUT2D eigenvalue weighted by Gasteiger charge is -2.48. The van der Waals surface area contributed by atoms with Gasteiger partial charge in [-0.05, 0) is 27.2 Å². The Morgan fingerprint density at radius 1 is 1.36 bits per heavy atom. The van der Waals surface area contributed by atoms with E-state index >= 15 is 0 Å². The van der Waals surface area contributed by atoms with Crippen molar-refractivity contribution in [2.45, 2.75) is 38.8 Å². The fraction of sp³-hybridized carbons (Fsp3) is 1.00. The summed E-state index contributed by atoms with van der Waals surface area (Å²) in [5, 5.41) is 0. The second-order valence-electron chi connectivity index (χ2n) is 5.20. The molecule has 0 radical (unpaired) electrons. The maximum Gasteiger partial charge on any atom is 0.0127 e. The van der Waals surface area contributed by atoms with E-state index in [2.05, 4.69) is 25.7 Å². The van der Waals surface area contributed by atoms with E-state index < -0.39 is 0 Å². The summed E-state index contributed by atoms with van der Waals surface area (Å²) >= 11 is 0. The summed E-state index contributed by atoms with van der Waals surface area (Å²) in [7, 11) is 0. The molecule has 0 bridgehead atoms. The Hall–Kier alpha value is -0.0800. The van der Waals surface area contributed by atoms with Gasteiger partial charge < -0.3 is 5.73 Å². The molecule has 1 aliphatic carbocycles. The minimum Gasteiger partial charge on any atom is -0.327 e. The van der Waals surface area contributed by atoms with Gasteiger partial charge in [0.25, 0.3) is 0 Å². The molecule has 2 heteroatoms. The third-order valence-electron chi connectivity index (χ3n) is 3.21. The van der Waals surface area contributed by atoms with Crippen LogP contribution in [0.25, 0.3) is 0 Å². The average Bonchev–Trinajstić information content (AvgIpc) is 2.33. The van der Waals surface area contributed by atoms with Crippen LogP contribution < -0.4 is 5.73 Å². The highest BCUT2D eigenvalue weighted by molar-refractivity contribution is 5.16. The molecule has 1 atom stereocenters. The lowest BCUT2D eigenvalue weighted by molar-refractivity contribution is -0.00314. The first-order chi connectivity index (χ1) is 4.94. The van der Waals surface area contributed by atoms with Gasteiger partial charge in [0.1, 0.15) is 0 Å². The number of hydrogen-bond acceptors (Lipinski definition) is 2. The Morgan fingerprint density at radius 3 is 2.09 bits per heavy atom. The molecule has 2 N–H and O–H groups in total. The number of likely N-dealkylation sites (tertiary alicyclic amines) is 1. The van der Waals surface area contributed by atoms with Gasteiger partial charge >= 0.3 is 0 Å². The smallest absolute Gasteiger partial charge is 0.0127 e. The summed E-state index contributed by atoms with van der Waals surface area (Å²) in [5.41, 5.74) is 6.76. The van der Waals surface area contributed by atoms with E-state index in [4.69, 9.17) is 5.73 Å². The van der Waals surface area contributed by atoms with Crippen LogP contribution in [0.4, 0.5) is 0 Å². The fourth-order valence-electron chi connectivity index (χ4n) is 1.93. The summed E-state index contributed by atoms with van der Waals surface area (Å²) in [6, 6.07) is 0.515. The molecule has 0 aromatic heterocycles. The molecule has 2 rings (SSSR count). The van der Waals surface area contributed by atoms with Crippen molar-refractivity contribution < 1.29 is 0 Å². The van der Waals surface area contributed by atoms with Crippen LogP contribution in [-0.4, -0.2) is 29.6 Å². The van der Waals surface area contributed by atoms with Crippen LogP contribution in [0.5, 0.6) is 0 Å². The molecule has 0 unspecified atom stereocenters. The van der Waals surface area contributed by atoms with Crippen LogP contribution >= 0.6 is 0 Å². The molecule has 1 spiro atoms. The van der Waals surface area contributed by atoms with E-state index in [9.17, 15) is 0 Å². The largest absolute Gasteiger partial charge is 0.327 e. The summed E-state index contributed by atoms with van der Waals surface area (Å²) in [6.45, 7) is 9.28. The molecular weight excluding hydrogens is 136 g/mol. The van der Waals surface area contributed by atoms with Gasteiger partial charge in [0.2, 0.25) is 0 Å². The summed E-state index contributed by atoms with van der Waals surface area (Å²) < 4.78 is 0. The third kappa shape index (κ3) is 1.00. The van der Waals surface area contributed by atoms with Gasteiger partial charge in [0.05, 0.1) is 0 Å². The Kier molecular flexibility index (Phi) is 1.24. The molecule has 1 saturated carbocycles. The predicted octanol–water partition coefficient (Wildman–Crippen LogP) is 0.818. The lowest BCUT2D eigenvalue weighted by atomic mass is 9.89. The predicted molar refractivity (Wildman–Crippen MR) is 46.4 cm³/mol. The van der Waals surface area contributed by atoms with Crippen LogP contribution in [0, 0.1) is 5.41 Å². The van der Waals surface area contributed by atoms with Crippen molar-refractivity contribution in [2.75, 3.05) is 13.1 Å². The van der Waals surface area contributed by atoms with Crippen molar-refractivity contribution >= 4 is 0 Å². The average molecular weight is 154 g/mol. The monoisotopic (exact) mass is 154 g/mol. The molecule has 1 heterocycles. The number of hydrogen-bond donors (Lipinski definition) is 1. The molecule has 0 aromatic carbocycles. The number of nitrogens with two attached hydrogens (primary N) is 1. The summed E-state index contributed by atoms with van der Waals surface area (Å²) in [5.74, 6) is 0. The Morgan fingerprint density at radius 2 is 1.82 bits per heavy atom. The van der Waals surface area contributed by atoms with E-state index in [1.54, 1.807) is 0 Å². The van der Waals surface area contributed by atoms with Gasteiger partial charge in [-0.3, -0.25) is 4.90 Å². The number of rotatable bonds is 0. The van der Waals surface area contributed by atoms with Gasteiger partial charge in [-0.1, -0.05) is 0 Å². The number of nitrogens with zero attached hydrogens (tertiary/aromatic N) is 1. The minimum absolute atomic E-state index is 0.355. The lowest BCUT2D eigenvalue weighted by Crippen LogP contribution is -2.58. The second-order valence-corrected chi connectivity index (χ2v) is 5.20. The fourth-order valence-corrected chi connectivity index (χ4v) is 1.93. The quantitative estimate of drug-likeness (QED) is 0.559. The highest BCUT2D eigenvalue weighted by Gasteiger charge is 2.60. The van der Waals surface area contributed by atoms with E-state index in [1.807, 2.05) is 0 Å². The van der Waals surface area contributed by atoms with Crippen LogP contribution in [0.1, 0.15) is 27.2 Å². The molecule has 2 fully saturated rings. The van der Waals surface area contributed by atoms with Crippen molar-refractivity contribution in [2.24, 2.45) is 11.1 Å². The van der Waals surface area contributed by atoms with Crippen LogP contribution in [0.2, 0.25) is 0 Å². The van der Waals surface area contributed by atoms with Gasteiger partial charge in [-0.15, -0.1) is 0 Å². The normalized spacial score (nSPS) is 35.5. The molecule has 0 amide bonds. The molecule has 11 heavy (non-hydrogen) atoms. The molecule has 1 aliphatic heterocycles. The molecule has 64 valence electrons. The van der Waals surface area contributed by atoms with Gasteiger partial charge in [-0.2, -0.15) is 0 Å². The summed E-state index contributed by atoms with van der Waals surface area (Å²) in [4.78, 5) is 2.51. The van der Waals surface area contributed by atoms with Crippen molar-refractivity contribution in [1.29, 1.82) is 0 Å². The highest BCUT2D eigenvalue weighted by atomic mass is 15.3. The van der Waals surface area contributed by atoms with Gasteiger partial charge in [-0.25, -0.2) is 0 Å². The molecule has 1 saturated heterocycles. The Balaban J connectivity index is 1.90. The van der Waals surface area contributed by atoms with E-state index in [1.165, 1.54) is 19.5 Å². The van der Waals surface area contributed by atoms with Crippen molar-refractivity contribution in [1.82, 2.24) is 4.90 Å². The van der Waals surface area contributed by atoms with Crippen LogP contribution in [-0.2, 0) is 0 Å². The zero-order valence-corrected chi connectivity index (χ0v) is 7.72. The molecule has 2 nitrogen and oxygen atoms in total. The van der Waals surface area contributed by atoms with Crippen molar-refractivity contribution in [3.63, 3.8) is 0 Å². The van der Waals surface area contributed by atoms with Gasteiger partial charge in [0, 0.05) is 30.1 Å². The molecule has 0 aromatic rings. The first-order valence-electron chi connectivity index (χ1n) is 4.45. The SMILES string of the molecule is CC(C)(C)N1CC2(C[C@@H]2N)C1.